The Morgan fingerprint density at radius 3 is 2.27 bits per heavy atom. The molecule has 0 amide bonds. The van der Waals surface area contributed by atoms with Crippen LogP contribution in [0, 0.1) is 11.6 Å². The van der Waals surface area contributed by atoms with Gasteiger partial charge in [-0.25, -0.2) is 8.78 Å². The summed E-state index contributed by atoms with van der Waals surface area (Å²) in [5.41, 5.74) is 0.956. The third kappa shape index (κ3) is 2.68. The maximum Gasteiger partial charge on any atom is 0.159 e. The number of halogens is 3. The van der Waals surface area contributed by atoms with Gasteiger partial charge >= 0.3 is 0 Å². The fourth-order valence-electron chi connectivity index (χ4n) is 2.15. The molecule has 2 rings (SSSR count). The van der Waals surface area contributed by atoms with Crippen LogP contribution < -0.4 is 0 Å². The van der Waals surface area contributed by atoms with Gasteiger partial charge in [-0.3, -0.25) is 0 Å². The molecule has 0 N–H and O–H groups in total. The third-order valence-electron chi connectivity index (χ3n) is 3.07. The number of benzene rings is 1. The average Bonchev–Trinajstić information content (AvgIpc) is 2.23. The number of rotatable bonds is 1. The summed E-state index contributed by atoms with van der Waals surface area (Å²) in [6.45, 7) is 0. The van der Waals surface area contributed by atoms with Gasteiger partial charge in [-0.05, 0) is 49.3 Å². The smallest absolute Gasteiger partial charge is 0.159 e. The molecular formula is C12H13F2I. The number of alkyl halides is 1. The van der Waals surface area contributed by atoms with Gasteiger partial charge in [0, 0.05) is 3.92 Å². The summed E-state index contributed by atoms with van der Waals surface area (Å²) in [4.78, 5) is 0. The van der Waals surface area contributed by atoms with Gasteiger partial charge in [0.05, 0.1) is 0 Å². The van der Waals surface area contributed by atoms with Crippen molar-refractivity contribution in [1.82, 2.24) is 0 Å². The molecule has 1 fully saturated rings. The molecule has 1 aliphatic rings. The summed E-state index contributed by atoms with van der Waals surface area (Å²) in [5.74, 6) is -1.04. The fourth-order valence-corrected chi connectivity index (χ4v) is 2.87. The Kier molecular flexibility index (Phi) is 3.59. The van der Waals surface area contributed by atoms with Gasteiger partial charge in [0.25, 0.3) is 0 Å². The number of hydrogen-bond acceptors (Lipinski definition) is 0. The standard InChI is InChI=1S/C12H13F2I/c13-11-6-3-9(7-12(11)14)8-1-4-10(15)5-2-8/h3,6-8,10H,1-2,4-5H2. The summed E-state index contributed by atoms with van der Waals surface area (Å²) in [6.07, 6.45) is 4.56. The predicted octanol–water partition coefficient (Wildman–Crippen LogP) is 4.43. The summed E-state index contributed by atoms with van der Waals surface area (Å²) in [6, 6.07) is 4.31. The van der Waals surface area contributed by atoms with Crippen LogP contribution in [0.1, 0.15) is 37.2 Å². The van der Waals surface area contributed by atoms with E-state index in [0.29, 0.717) is 5.92 Å². The second-order valence-corrected chi connectivity index (χ2v) is 5.88. The van der Waals surface area contributed by atoms with Crippen molar-refractivity contribution in [2.75, 3.05) is 0 Å². The van der Waals surface area contributed by atoms with Crippen LogP contribution in [0.3, 0.4) is 0 Å². The van der Waals surface area contributed by atoms with E-state index in [4.69, 9.17) is 0 Å². The molecule has 3 heteroatoms. The first kappa shape index (κ1) is 11.3. The van der Waals surface area contributed by atoms with Crippen molar-refractivity contribution in [3.63, 3.8) is 0 Å². The second kappa shape index (κ2) is 4.76. The van der Waals surface area contributed by atoms with E-state index in [9.17, 15) is 8.78 Å². The van der Waals surface area contributed by atoms with Gasteiger partial charge in [-0.15, -0.1) is 0 Å². The van der Waals surface area contributed by atoms with E-state index in [1.54, 1.807) is 6.07 Å². The lowest BCUT2D eigenvalue weighted by molar-refractivity contribution is 0.455. The monoisotopic (exact) mass is 322 g/mol. The maximum atomic E-state index is 13.0. The molecule has 0 bridgehead atoms. The van der Waals surface area contributed by atoms with Gasteiger partial charge in [-0.2, -0.15) is 0 Å². The van der Waals surface area contributed by atoms with Gasteiger partial charge in [0.15, 0.2) is 11.6 Å². The summed E-state index contributed by atoms with van der Waals surface area (Å²) in [5, 5.41) is 0. The van der Waals surface area contributed by atoms with Gasteiger partial charge in [0.1, 0.15) is 0 Å². The highest BCUT2D eigenvalue weighted by atomic mass is 127. The molecule has 1 aromatic rings. The zero-order valence-electron chi connectivity index (χ0n) is 8.35. The van der Waals surface area contributed by atoms with E-state index in [2.05, 4.69) is 22.6 Å². The molecular weight excluding hydrogens is 309 g/mol. The normalized spacial score (nSPS) is 26.6. The predicted molar refractivity (Wildman–Crippen MR) is 65.4 cm³/mol. The largest absolute Gasteiger partial charge is 0.204 e. The highest BCUT2D eigenvalue weighted by Crippen LogP contribution is 2.35. The zero-order valence-corrected chi connectivity index (χ0v) is 10.5. The van der Waals surface area contributed by atoms with E-state index in [0.717, 1.165) is 22.3 Å². The lowest BCUT2D eigenvalue weighted by atomic mass is 9.84. The lowest BCUT2D eigenvalue weighted by Gasteiger charge is -2.25. The van der Waals surface area contributed by atoms with E-state index < -0.39 is 11.6 Å². The molecule has 0 spiro atoms. The molecule has 1 saturated carbocycles. The quantitative estimate of drug-likeness (QED) is 0.530. The molecule has 15 heavy (non-hydrogen) atoms. The SMILES string of the molecule is Fc1ccc(C2CCC(I)CC2)cc1F. The molecule has 0 aromatic heterocycles. The first-order valence-corrected chi connectivity index (χ1v) is 6.50. The van der Waals surface area contributed by atoms with Crippen molar-refractivity contribution in [1.29, 1.82) is 0 Å². The Labute approximate surface area is 102 Å². The van der Waals surface area contributed by atoms with Crippen molar-refractivity contribution in [2.24, 2.45) is 0 Å². The van der Waals surface area contributed by atoms with Crippen molar-refractivity contribution >= 4 is 22.6 Å². The van der Waals surface area contributed by atoms with E-state index in [1.807, 2.05) is 0 Å². The molecule has 1 aliphatic carbocycles. The molecule has 0 saturated heterocycles. The van der Waals surface area contributed by atoms with Crippen LogP contribution in [-0.2, 0) is 0 Å². The minimum atomic E-state index is -0.749. The van der Waals surface area contributed by atoms with E-state index >= 15 is 0 Å². The van der Waals surface area contributed by atoms with Crippen LogP contribution in [0.15, 0.2) is 18.2 Å². The first-order valence-electron chi connectivity index (χ1n) is 5.26. The van der Waals surface area contributed by atoms with E-state index in [1.165, 1.54) is 25.0 Å². The Morgan fingerprint density at radius 2 is 1.67 bits per heavy atom. The van der Waals surface area contributed by atoms with Gasteiger partial charge in [-0.1, -0.05) is 28.7 Å². The number of hydrogen-bond donors (Lipinski definition) is 0. The Morgan fingerprint density at radius 1 is 1.00 bits per heavy atom. The van der Waals surface area contributed by atoms with Crippen molar-refractivity contribution in [3.8, 4) is 0 Å². The molecule has 82 valence electrons. The highest BCUT2D eigenvalue weighted by molar-refractivity contribution is 14.1. The fraction of sp³-hybridized carbons (Fsp3) is 0.500. The van der Waals surface area contributed by atoms with Crippen LogP contribution in [0.25, 0.3) is 0 Å². The molecule has 0 atom stereocenters. The molecule has 0 aliphatic heterocycles. The Balaban J connectivity index is 2.12. The minimum absolute atomic E-state index is 0.422. The average molecular weight is 322 g/mol. The minimum Gasteiger partial charge on any atom is -0.204 e. The highest BCUT2D eigenvalue weighted by Gasteiger charge is 2.21. The Bertz CT molecular complexity index is 343. The third-order valence-corrected chi connectivity index (χ3v) is 4.32. The van der Waals surface area contributed by atoms with Crippen molar-refractivity contribution in [3.05, 3.63) is 35.4 Å². The Hall–Kier alpha value is -0.190. The van der Waals surface area contributed by atoms with E-state index in [-0.39, 0.29) is 0 Å². The van der Waals surface area contributed by atoms with Crippen LogP contribution in [0.5, 0.6) is 0 Å². The summed E-state index contributed by atoms with van der Waals surface area (Å²) < 4.78 is 26.5. The lowest BCUT2D eigenvalue weighted by Crippen LogP contribution is -2.12. The molecule has 0 unspecified atom stereocenters. The molecule has 0 radical (unpaired) electrons. The molecule has 1 aromatic carbocycles. The second-order valence-electron chi connectivity index (χ2n) is 4.12. The first-order chi connectivity index (χ1) is 7.16. The summed E-state index contributed by atoms with van der Waals surface area (Å²) in [7, 11) is 0. The van der Waals surface area contributed by atoms with Crippen LogP contribution in [-0.4, -0.2) is 3.92 Å². The van der Waals surface area contributed by atoms with Crippen LogP contribution >= 0.6 is 22.6 Å². The topological polar surface area (TPSA) is 0 Å². The molecule has 0 nitrogen and oxygen atoms in total. The van der Waals surface area contributed by atoms with Crippen molar-refractivity contribution < 1.29 is 8.78 Å². The van der Waals surface area contributed by atoms with Gasteiger partial charge < -0.3 is 0 Å². The maximum absolute atomic E-state index is 13.0. The molecule has 0 heterocycles. The zero-order chi connectivity index (χ0) is 10.8. The summed E-state index contributed by atoms with van der Waals surface area (Å²) >= 11 is 2.46. The van der Waals surface area contributed by atoms with Gasteiger partial charge in [0.2, 0.25) is 0 Å². The van der Waals surface area contributed by atoms with Crippen LogP contribution in [0.2, 0.25) is 0 Å². The van der Waals surface area contributed by atoms with Crippen molar-refractivity contribution in [2.45, 2.75) is 35.5 Å². The van der Waals surface area contributed by atoms with Crippen LogP contribution in [0.4, 0.5) is 8.78 Å².